The molecule has 2 aliphatic carbocycles. The highest BCUT2D eigenvalue weighted by Crippen LogP contribution is 2.36. The van der Waals surface area contributed by atoms with Crippen molar-refractivity contribution in [3.8, 4) is 11.5 Å². The standard InChI is InChI=1S/C27H30N2O2/c1-27(2,19-3-11-23(12-4-19)30-25-15-7-21(28)8-16-25)20-5-13-24(14-6-20)31-26-17-9-22(29)10-18-26/h3-13,15-17,24,26H,14,18,28-29H2,1-2H3. The van der Waals surface area contributed by atoms with Crippen LogP contribution in [-0.2, 0) is 10.2 Å². The van der Waals surface area contributed by atoms with Gasteiger partial charge in [-0.25, -0.2) is 0 Å². The first-order valence-corrected chi connectivity index (χ1v) is 10.7. The molecule has 0 amide bonds. The molecule has 4 N–H and O–H groups in total. The third-order valence-corrected chi connectivity index (χ3v) is 5.91. The van der Waals surface area contributed by atoms with Crippen molar-refractivity contribution < 1.29 is 9.47 Å². The first kappa shape index (κ1) is 21.0. The van der Waals surface area contributed by atoms with Gasteiger partial charge in [-0.1, -0.05) is 56.4 Å². The summed E-state index contributed by atoms with van der Waals surface area (Å²) in [6.45, 7) is 4.50. The fraction of sp³-hybridized carbons (Fsp3) is 0.259. The van der Waals surface area contributed by atoms with Gasteiger partial charge in [0.1, 0.15) is 11.5 Å². The second-order valence-electron chi connectivity index (χ2n) is 8.59. The molecule has 2 unspecified atom stereocenters. The van der Waals surface area contributed by atoms with E-state index in [1.807, 2.05) is 54.6 Å². The zero-order chi connectivity index (χ0) is 21.8. The van der Waals surface area contributed by atoms with Crippen LogP contribution in [0.25, 0.3) is 0 Å². The number of rotatable bonds is 6. The van der Waals surface area contributed by atoms with Crippen LogP contribution in [0, 0.1) is 0 Å². The van der Waals surface area contributed by atoms with Crippen LogP contribution in [0.3, 0.4) is 0 Å². The summed E-state index contributed by atoms with van der Waals surface area (Å²) in [5.41, 5.74) is 15.5. The van der Waals surface area contributed by atoms with Gasteiger partial charge in [-0.15, -0.1) is 0 Å². The highest BCUT2D eigenvalue weighted by molar-refractivity contribution is 5.46. The highest BCUT2D eigenvalue weighted by atomic mass is 16.5. The summed E-state index contributed by atoms with van der Waals surface area (Å²) in [6.07, 6.45) is 14.5. The SMILES string of the molecule is CC(C)(C1=CCC(OC2C=CC(N)=CC2)C=C1)c1ccc(Oc2ccc(N)cc2)cc1. The summed E-state index contributed by atoms with van der Waals surface area (Å²) in [5, 5.41) is 0. The summed E-state index contributed by atoms with van der Waals surface area (Å²) in [7, 11) is 0. The van der Waals surface area contributed by atoms with E-state index in [0.717, 1.165) is 35.7 Å². The number of ether oxygens (including phenoxy) is 2. The van der Waals surface area contributed by atoms with Crippen molar-refractivity contribution >= 4 is 5.69 Å². The molecule has 0 aromatic heterocycles. The van der Waals surface area contributed by atoms with Gasteiger partial charge in [0.25, 0.3) is 0 Å². The smallest absolute Gasteiger partial charge is 0.127 e. The molecule has 4 nitrogen and oxygen atoms in total. The Morgan fingerprint density at radius 1 is 0.774 bits per heavy atom. The van der Waals surface area contributed by atoms with Crippen molar-refractivity contribution in [1.29, 1.82) is 0 Å². The first-order valence-electron chi connectivity index (χ1n) is 10.7. The lowest BCUT2D eigenvalue weighted by molar-refractivity contribution is 0.0432. The minimum absolute atomic E-state index is 0.0950. The van der Waals surface area contributed by atoms with Crippen molar-refractivity contribution in [2.24, 2.45) is 5.73 Å². The normalized spacial score (nSPS) is 20.8. The second-order valence-corrected chi connectivity index (χ2v) is 8.59. The molecular weight excluding hydrogens is 384 g/mol. The predicted octanol–water partition coefficient (Wildman–Crippen LogP) is 5.78. The zero-order valence-electron chi connectivity index (χ0n) is 18.1. The molecule has 4 heteroatoms. The van der Waals surface area contributed by atoms with Gasteiger partial charge in [-0.2, -0.15) is 0 Å². The van der Waals surface area contributed by atoms with E-state index in [9.17, 15) is 0 Å². The van der Waals surface area contributed by atoms with E-state index in [1.165, 1.54) is 11.1 Å². The lowest BCUT2D eigenvalue weighted by Crippen LogP contribution is -2.25. The Morgan fingerprint density at radius 2 is 1.35 bits per heavy atom. The van der Waals surface area contributed by atoms with Gasteiger partial charge in [0, 0.05) is 16.8 Å². The molecule has 0 spiro atoms. The first-order chi connectivity index (χ1) is 14.9. The van der Waals surface area contributed by atoms with E-state index in [1.54, 1.807) is 0 Å². The maximum Gasteiger partial charge on any atom is 0.127 e. The predicted molar refractivity (Wildman–Crippen MR) is 127 cm³/mol. The lowest BCUT2D eigenvalue weighted by atomic mass is 9.75. The largest absolute Gasteiger partial charge is 0.457 e. The van der Waals surface area contributed by atoms with Gasteiger partial charge in [-0.05, 0) is 66.5 Å². The number of nitrogen functional groups attached to an aromatic ring is 1. The van der Waals surface area contributed by atoms with Crippen LogP contribution < -0.4 is 16.2 Å². The minimum Gasteiger partial charge on any atom is -0.457 e. The summed E-state index contributed by atoms with van der Waals surface area (Å²) in [4.78, 5) is 0. The van der Waals surface area contributed by atoms with E-state index in [-0.39, 0.29) is 17.6 Å². The molecule has 0 bridgehead atoms. The molecule has 0 heterocycles. The topological polar surface area (TPSA) is 70.5 Å². The Bertz CT molecular complexity index is 1030. The van der Waals surface area contributed by atoms with Crippen molar-refractivity contribution in [2.75, 3.05) is 5.73 Å². The van der Waals surface area contributed by atoms with Crippen LogP contribution in [-0.4, -0.2) is 12.2 Å². The van der Waals surface area contributed by atoms with Gasteiger partial charge in [0.15, 0.2) is 0 Å². The van der Waals surface area contributed by atoms with Gasteiger partial charge < -0.3 is 20.9 Å². The third kappa shape index (κ3) is 5.09. The number of allylic oxidation sites excluding steroid dienone is 3. The maximum absolute atomic E-state index is 6.18. The number of anilines is 1. The molecule has 2 aromatic rings. The van der Waals surface area contributed by atoms with Crippen LogP contribution >= 0.6 is 0 Å². The molecule has 4 rings (SSSR count). The van der Waals surface area contributed by atoms with Gasteiger partial charge in [0.2, 0.25) is 0 Å². The van der Waals surface area contributed by atoms with Gasteiger partial charge >= 0.3 is 0 Å². The Labute approximate surface area is 184 Å². The fourth-order valence-electron chi connectivity index (χ4n) is 3.89. The third-order valence-electron chi connectivity index (χ3n) is 5.91. The number of hydrogen-bond acceptors (Lipinski definition) is 4. The molecule has 0 radical (unpaired) electrons. The molecule has 2 atom stereocenters. The summed E-state index contributed by atoms with van der Waals surface area (Å²) in [5.74, 6) is 1.58. The summed E-state index contributed by atoms with van der Waals surface area (Å²) >= 11 is 0. The van der Waals surface area contributed by atoms with E-state index in [2.05, 4.69) is 44.2 Å². The second kappa shape index (κ2) is 8.86. The van der Waals surface area contributed by atoms with Crippen molar-refractivity contribution in [2.45, 2.75) is 44.3 Å². The van der Waals surface area contributed by atoms with E-state index in [0.29, 0.717) is 0 Å². The highest BCUT2D eigenvalue weighted by Gasteiger charge is 2.26. The Balaban J connectivity index is 1.38. The minimum atomic E-state index is -0.108. The van der Waals surface area contributed by atoms with Crippen LogP contribution in [0.5, 0.6) is 11.5 Å². The summed E-state index contributed by atoms with van der Waals surface area (Å²) < 4.78 is 12.1. The van der Waals surface area contributed by atoms with Crippen LogP contribution in [0.4, 0.5) is 5.69 Å². The molecule has 2 aromatic carbocycles. The Morgan fingerprint density at radius 3 is 1.90 bits per heavy atom. The van der Waals surface area contributed by atoms with Crippen molar-refractivity contribution in [3.05, 3.63) is 102 Å². The maximum atomic E-state index is 6.18. The Hall–Kier alpha value is -3.24. The molecule has 31 heavy (non-hydrogen) atoms. The monoisotopic (exact) mass is 414 g/mol. The van der Waals surface area contributed by atoms with E-state index >= 15 is 0 Å². The molecule has 0 fully saturated rings. The number of benzene rings is 2. The van der Waals surface area contributed by atoms with E-state index < -0.39 is 0 Å². The Kier molecular flexibility index (Phi) is 6.01. The zero-order valence-corrected chi connectivity index (χ0v) is 18.1. The van der Waals surface area contributed by atoms with Gasteiger partial charge in [-0.3, -0.25) is 0 Å². The van der Waals surface area contributed by atoms with Crippen LogP contribution in [0.1, 0.15) is 32.3 Å². The van der Waals surface area contributed by atoms with Crippen LogP contribution in [0.15, 0.2) is 96.3 Å². The molecule has 0 saturated carbocycles. The summed E-state index contributed by atoms with van der Waals surface area (Å²) in [6, 6.07) is 15.7. The lowest BCUT2D eigenvalue weighted by Gasteiger charge is -2.31. The molecule has 160 valence electrons. The quantitative estimate of drug-likeness (QED) is 0.588. The van der Waals surface area contributed by atoms with E-state index in [4.69, 9.17) is 20.9 Å². The average molecular weight is 415 g/mol. The molecule has 0 aliphatic heterocycles. The molecular formula is C27H30N2O2. The van der Waals surface area contributed by atoms with Crippen molar-refractivity contribution in [3.63, 3.8) is 0 Å². The number of hydrogen-bond donors (Lipinski definition) is 2. The molecule has 0 saturated heterocycles. The number of nitrogens with two attached hydrogens (primary N) is 2. The average Bonchev–Trinajstić information content (AvgIpc) is 2.78. The molecule has 2 aliphatic rings. The van der Waals surface area contributed by atoms with Crippen molar-refractivity contribution in [1.82, 2.24) is 0 Å². The van der Waals surface area contributed by atoms with Crippen LogP contribution in [0.2, 0.25) is 0 Å². The fourth-order valence-corrected chi connectivity index (χ4v) is 3.89. The van der Waals surface area contributed by atoms with Gasteiger partial charge in [0.05, 0.1) is 12.2 Å².